The molecule has 0 bridgehead atoms. The SMILES string of the molecule is Cc1nnsc1C(=O)N[C@@H](C)Cc1ccoc1. The van der Waals surface area contributed by atoms with Crippen LogP contribution in [0.3, 0.4) is 0 Å². The van der Waals surface area contributed by atoms with Crippen molar-refractivity contribution in [1.82, 2.24) is 14.9 Å². The van der Waals surface area contributed by atoms with Crippen molar-refractivity contribution >= 4 is 17.4 Å². The summed E-state index contributed by atoms with van der Waals surface area (Å²) in [4.78, 5) is 12.4. The lowest BCUT2D eigenvalue weighted by molar-refractivity contribution is 0.0943. The van der Waals surface area contributed by atoms with Crippen molar-refractivity contribution in [1.29, 1.82) is 0 Å². The molecule has 2 aromatic heterocycles. The number of hydrogen-bond donors (Lipinski definition) is 1. The summed E-state index contributed by atoms with van der Waals surface area (Å²) in [5, 5.41) is 6.72. The second-order valence-electron chi connectivity index (χ2n) is 3.90. The molecule has 17 heavy (non-hydrogen) atoms. The summed E-state index contributed by atoms with van der Waals surface area (Å²) in [6.45, 7) is 3.73. The van der Waals surface area contributed by atoms with Crippen LogP contribution in [-0.2, 0) is 6.42 Å². The monoisotopic (exact) mass is 251 g/mol. The average Bonchev–Trinajstić information content (AvgIpc) is 2.88. The Morgan fingerprint density at radius 2 is 2.47 bits per heavy atom. The first-order valence-electron chi connectivity index (χ1n) is 5.27. The predicted molar refractivity (Wildman–Crippen MR) is 64.0 cm³/mol. The molecule has 2 rings (SSSR count). The summed E-state index contributed by atoms with van der Waals surface area (Å²) < 4.78 is 8.72. The van der Waals surface area contributed by atoms with Crippen LogP contribution in [0.4, 0.5) is 0 Å². The van der Waals surface area contributed by atoms with Crippen LogP contribution in [0.1, 0.15) is 27.9 Å². The van der Waals surface area contributed by atoms with Crippen molar-refractivity contribution in [3.8, 4) is 0 Å². The number of rotatable bonds is 4. The minimum Gasteiger partial charge on any atom is -0.472 e. The quantitative estimate of drug-likeness (QED) is 0.899. The number of carbonyl (C=O) groups is 1. The zero-order valence-electron chi connectivity index (χ0n) is 9.64. The highest BCUT2D eigenvalue weighted by Crippen LogP contribution is 2.10. The van der Waals surface area contributed by atoms with Crippen molar-refractivity contribution in [3.63, 3.8) is 0 Å². The maximum absolute atomic E-state index is 11.9. The topological polar surface area (TPSA) is 68.0 Å². The average molecular weight is 251 g/mol. The highest BCUT2D eigenvalue weighted by atomic mass is 32.1. The molecular weight excluding hydrogens is 238 g/mol. The molecule has 1 atom stereocenters. The van der Waals surface area contributed by atoms with Crippen molar-refractivity contribution < 1.29 is 9.21 Å². The normalized spacial score (nSPS) is 12.4. The third-order valence-corrected chi connectivity index (χ3v) is 3.18. The van der Waals surface area contributed by atoms with Gasteiger partial charge in [-0.25, -0.2) is 0 Å². The van der Waals surface area contributed by atoms with Crippen LogP contribution in [0.25, 0.3) is 0 Å². The van der Waals surface area contributed by atoms with E-state index in [2.05, 4.69) is 14.9 Å². The van der Waals surface area contributed by atoms with Crippen LogP contribution >= 0.6 is 11.5 Å². The van der Waals surface area contributed by atoms with Crippen LogP contribution < -0.4 is 5.32 Å². The smallest absolute Gasteiger partial charge is 0.265 e. The molecular formula is C11H13N3O2S. The highest BCUT2D eigenvalue weighted by Gasteiger charge is 2.15. The molecule has 0 saturated heterocycles. The summed E-state index contributed by atoms with van der Waals surface area (Å²) in [6.07, 6.45) is 4.05. The van der Waals surface area contributed by atoms with Crippen LogP contribution in [0.2, 0.25) is 0 Å². The molecule has 90 valence electrons. The van der Waals surface area contributed by atoms with Crippen LogP contribution in [0.5, 0.6) is 0 Å². The number of aromatic nitrogens is 2. The largest absolute Gasteiger partial charge is 0.472 e. The molecule has 0 saturated carbocycles. The molecule has 0 aliphatic carbocycles. The molecule has 6 heteroatoms. The molecule has 0 aliphatic heterocycles. The fourth-order valence-electron chi connectivity index (χ4n) is 1.54. The molecule has 1 amide bonds. The van der Waals surface area contributed by atoms with Crippen molar-refractivity contribution in [2.45, 2.75) is 26.3 Å². The molecule has 0 spiro atoms. The van der Waals surface area contributed by atoms with E-state index in [1.807, 2.05) is 13.0 Å². The van der Waals surface area contributed by atoms with Gasteiger partial charge in [0, 0.05) is 6.04 Å². The predicted octanol–water partition coefficient (Wildman–Crippen LogP) is 1.80. The molecule has 0 aliphatic rings. The Kier molecular flexibility index (Phi) is 3.53. The summed E-state index contributed by atoms with van der Waals surface area (Å²) in [5.41, 5.74) is 1.74. The Morgan fingerprint density at radius 3 is 3.06 bits per heavy atom. The molecule has 1 N–H and O–H groups in total. The first-order chi connectivity index (χ1) is 8.16. The number of nitrogens with one attached hydrogen (secondary N) is 1. The zero-order chi connectivity index (χ0) is 12.3. The Labute approximate surface area is 103 Å². The number of amides is 1. The summed E-state index contributed by atoms with van der Waals surface area (Å²) in [5.74, 6) is -0.117. The molecule has 2 heterocycles. The molecule has 0 fully saturated rings. The summed E-state index contributed by atoms with van der Waals surface area (Å²) in [7, 11) is 0. The van der Waals surface area contributed by atoms with Crippen molar-refractivity contribution in [2.75, 3.05) is 0 Å². The molecule has 0 aromatic carbocycles. The Bertz CT molecular complexity index is 493. The van der Waals surface area contributed by atoms with E-state index in [-0.39, 0.29) is 11.9 Å². The second kappa shape index (κ2) is 5.09. The van der Waals surface area contributed by atoms with Gasteiger partial charge in [0.1, 0.15) is 4.88 Å². The lowest BCUT2D eigenvalue weighted by Gasteiger charge is -2.11. The summed E-state index contributed by atoms with van der Waals surface area (Å²) in [6, 6.07) is 1.93. The van der Waals surface area contributed by atoms with Crippen molar-refractivity contribution in [2.24, 2.45) is 0 Å². The molecule has 0 unspecified atom stereocenters. The van der Waals surface area contributed by atoms with E-state index in [0.717, 1.165) is 23.5 Å². The number of furan rings is 1. The first-order valence-corrected chi connectivity index (χ1v) is 6.05. The fraction of sp³-hybridized carbons (Fsp3) is 0.364. The van der Waals surface area contributed by atoms with Crippen LogP contribution in [-0.4, -0.2) is 21.5 Å². The standard InChI is InChI=1S/C11H13N3O2S/c1-7(5-9-3-4-16-6-9)12-11(15)10-8(2)13-14-17-10/h3-4,6-7H,5H2,1-2H3,(H,12,15)/t7-/m0/s1. The van der Waals surface area contributed by atoms with E-state index >= 15 is 0 Å². The van der Waals surface area contributed by atoms with Gasteiger partial charge >= 0.3 is 0 Å². The van der Waals surface area contributed by atoms with E-state index in [1.54, 1.807) is 19.5 Å². The van der Waals surface area contributed by atoms with Gasteiger partial charge in [-0.2, -0.15) is 0 Å². The Hall–Kier alpha value is -1.69. The van der Waals surface area contributed by atoms with Crippen molar-refractivity contribution in [3.05, 3.63) is 34.7 Å². The van der Waals surface area contributed by atoms with Gasteiger partial charge in [0.05, 0.1) is 18.2 Å². The van der Waals surface area contributed by atoms with Gasteiger partial charge in [0.15, 0.2) is 0 Å². The zero-order valence-corrected chi connectivity index (χ0v) is 10.5. The number of hydrogen-bond acceptors (Lipinski definition) is 5. The number of carbonyl (C=O) groups excluding carboxylic acids is 1. The van der Waals surface area contributed by atoms with Gasteiger partial charge in [0.25, 0.3) is 5.91 Å². The van der Waals surface area contributed by atoms with Gasteiger partial charge < -0.3 is 9.73 Å². The third-order valence-electron chi connectivity index (χ3n) is 2.36. The minimum atomic E-state index is -0.117. The Morgan fingerprint density at radius 1 is 1.65 bits per heavy atom. The lowest BCUT2D eigenvalue weighted by atomic mass is 10.1. The van der Waals surface area contributed by atoms with E-state index in [9.17, 15) is 4.79 Å². The number of aryl methyl sites for hydroxylation is 1. The fourth-order valence-corrected chi connectivity index (χ4v) is 2.10. The number of nitrogens with zero attached hydrogens (tertiary/aromatic N) is 2. The van der Waals surface area contributed by atoms with Gasteiger partial charge in [-0.3, -0.25) is 4.79 Å². The Balaban J connectivity index is 1.93. The minimum absolute atomic E-state index is 0.0431. The summed E-state index contributed by atoms with van der Waals surface area (Å²) >= 11 is 1.12. The maximum Gasteiger partial charge on any atom is 0.265 e. The second-order valence-corrected chi connectivity index (χ2v) is 4.65. The lowest BCUT2D eigenvalue weighted by Crippen LogP contribution is -2.33. The van der Waals surface area contributed by atoms with Gasteiger partial charge in [-0.15, -0.1) is 5.10 Å². The van der Waals surface area contributed by atoms with E-state index in [0.29, 0.717) is 10.6 Å². The van der Waals surface area contributed by atoms with E-state index < -0.39 is 0 Å². The van der Waals surface area contributed by atoms with Crippen LogP contribution in [0, 0.1) is 6.92 Å². The van der Waals surface area contributed by atoms with E-state index in [1.165, 1.54) is 0 Å². The third kappa shape index (κ3) is 2.91. The van der Waals surface area contributed by atoms with Gasteiger partial charge in [0.2, 0.25) is 0 Å². The first kappa shape index (κ1) is 11.8. The highest BCUT2D eigenvalue weighted by molar-refractivity contribution is 7.07. The maximum atomic E-state index is 11.9. The molecule has 0 radical (unpaired) electrons. The van der Waals surface area contributed by atoms with Gasteiger partial charge in [-0.05, 0) is 43.4 Å². The van der Waals surface area contributed by atoms with Crippen LogP contribution in [0.15, 0.2) is 23.0 Å². The van der Waals surface area contributed by atoms with E-state index in [4.69, 9.17) is 4.42 Å². The molecule has 5 nitrogen and oxygen atoms in total. The molecule has 2 aromatic rings. The van der Waals surface area contributed by atoms with Gasteiger partial charge in [-0.1, -0.05) is 4.49 Å².